The van der Waals surface area contributed by atoms with Crippen LogP contribution in [0.3, 0.4) is 0 Å². The Hall–Kier alpha value is -2.40. The number of benzene rings is 3. The minimum Gasteiger partial charge on any atom is -0.493 e. The molecule has 0 N–H and O–H groups in total. The molecule has 1 aliphatic rings. The molecule has 3 aromatic carbocycles. The summed E-state index contributed by atoms with van der Waals surface area (Å²) in [5.74, 6) is 1.11. The van der Waals surface area contributed by atoms with Gasteiger partial charge in [-0.2, -0.15) is 0 Å². The number of carbonyl (C=O) groups excluding carboxylic acids is 1. The molecule has 4 rings (SSSR count). The van der Waals surface area contributed by atoms with Gasteiger partial charge in [0.15, 0.2) is 11.5 Å². The summed E-state index contributed by atoms with van der Waals surface area (Å²) in [4.78, 5) is 15.4. The molecule has 0 saturated heterocycles. The molecule has 3 aromatic rings. The number of rotatable bonds is 4. The normalized spacial score (nSPS) is 15.4. The highest BCUT2D eigenvalue weighted by Crippen LogP contribution is 2.43. The van der Waals surface area contributed by atoms with Crippen LogP contribution in [-0.2, 0) is 6.42 Å². The standard InChI is InChI=1S/C24H20Cl3NO3/c1-30-21-12-14-9-10-28(24(29)15-7-8-19(26)20(27)11-15)23(17(14)13-22(21)31-2)16-5-3-4-6-18(16)25/h3-8,11-13,23H,9-10H2,1-2H3/t23-/m0/s1. The third kappa shape index (κ3) is 4.08. The first-order valence-electron chi connectivity index (χ1n) is 9.69. The minimum absolute atomic E-state index is 0.149. The van der Waals surface area contributed by atoms with Crippen molar-refractivity contribution >= 4 is 40.7 Å². The molecule has 0 radical (unpaired) electrons. The predicted octanol–water partition coefficient (Wildman–Crippen LogP) is 6.45. The molecule has 4 nitrogen and oxygen atoms in total. The number of halogens is 3. The van der Waals surface area contributed by atoms with Crippen molar-refractivity contribution in [2.24, 2.45) is 0 Å². The highest BCUT2D eigenvalue weighted by atomic mass is 35.5. The van der Waals surface area contributed by atoms with E-state index in [1.54, 1.807) is 32.4 Å². The number of nitrogens with zero attached hydrogens (tertiary/aromatic N) is 1. The lowest BCUT2D eigenvalue weighted by Crippen LogP contribution is -2.40. The first kappa shape index (κ1) is 21.8. The second-order valence-electron chi connectivity index (χ2n) is 7.21. The van der Waals surface area contributed by atoms with E-state index in [9.17, 15) is 4.79 Å². The molecule has 0 aliphatic carbocycles. The summed E-state index contributed by atoms with van der Waals surface area (Å²) >= 11 is 18.8. The van der Waals surface area contributed by atoms with Gasteiger partial charge >= 0.3 is 0 Å². The van der Waals surface area contributed by atoms with E-state index in [2.05, 4.69) is 0 Å². The van der Waals surface area contributed by atoms with Crippen LogP contribution in [0.4, 0.5) is 0 Å². The van der Waals surface area contributed by atoms with Gasteiger partial charge in [-0.15, -0.1) is 0 Å². The zero-order valence-corrected chi connectivity index (χ0v) is 19.3. The van der Waals surface area contributed by atoms with Crippen molar-refractivity contribution in [3.8, 4) is 11.5 Å². The Kier molecular flexibility index (Phi) is 6.33. The van der Waals surface area contributed by atoms with Gasteiger partial charge < -0.3 is 14.4 Å². The van der Waals surface area contributed by atoms with E-state index in [4.69, 9.17) is 44.3 Å². The molecule has 0 spiro atoms. The molecule has 0 bridgehead atoms. The Morgan fingerprint density at radius 2 is 1.58 bits per heavy atom. The van der Waals surface area contributed by atoms with E-state index in [1.807, 2.05) is 41.3 Å². The summed E-state index contributed by atoms with van der Waals surface area (Å²) in [6, 6.07) is 16.0. The van der Waals surface area contributed by atoms with Gasteiger partial charge in [0.1, 0.15) is 0 Å². The van der Waals surface area contributed by atoms with E-state index in [1.165, 1.54) is 0 Å². The first-order valence-corrected chi connectivity index (χ1v) is 10.8. The number of carbonyl (C=O) groups is 1. The number of hydrogen-bond acceptors (Lipinski definition) is 3. The molecule has 1 aliphatic heterocycles. The smallest absolute Gasteiger partial charge is 0.254 e. The van der Waals surface area contributed by atoms with Crippen molar-refractivity contribution in [1.29, 1.82) is 0 Å². The summed E-state index contributed by atoms with van der Waals surface area (Å²) < 4.78 is 11.0. The molecule has 7 heteroatoms. The fourth-order valence-electron chi connectivity index (χ4n) is 3.99. The number of methoxy groups -OCH3 is 2. The van der Waals surface area contributed by atoms with Crippen molar-refractivity contribution in [1.82, 2.24) is 4.90 Å². The van der Waals surface area contributed by atoms with E-state index in [0.29, 0.717) is 45.1 Å². The quantitative estimate of drug-likeness (QED) is 0.434. The molecule has 31 heavy (non-hydrogen) atoms. The van der Waals surface area contributed by atoms with Crippen LogP contribution in [-0.4, -0.2) is 31.6 Å². The van der Waals surface area contributed by atoms with Crippen LogP contribution in [0.15, 0.2) is 54.6 Å². The molecular formula is C24H20Cl3NO3. The number of amides is 1. The van der Waals surface area contributed by atoms with E-state index >= 15 is 0 Å². The van der Waals surface area contributed by atoms with Gasteiger partial charge in [0, 0.05) is 17.1 Å². The summed E-state index contributed by atoms with van der Waals surface area (Å²) in [6.07, 6.45) is 0.670. The minimum atomic E-state index is -0.390. The highest BCUT2D eigenvalue weighted by molar-refractivity contribution is 6.42. The van der Waals surface area contributed by atoms with Crippen LogP contribution in [0.25, 0.3) is 0 Å². The third-order valence-corrected chi connectivity index (χ3v) is 6.58. The second-order valence-corrected chi connectivity index (χ2v) is 8.43. The Morgan fingerprint density at radius 1 is 0.871 bits per heavy atom. The fraction of sp³-hybridized carbons (Fsp3) is 0.208. The van der Waals surface area contributed by atoms with Gasteiger partial charge in [-0.25, -0.2) is 0 Å². The van der Waals surface area contributed by atoms with Crippen LogP contribution in [0, 0.1) is 0 Å². The summed E-state index contributed by atoms with van der Waals surface area (Å²) in [7, 11) is 3.20. The predicted molar refractivity (Wildman–Crippen MR) is 124 cm³/mol. The molecule has 160 valence electrons. The summed E-state index contributed by atoms with van der Waals surface area (Å²) in [5.41, 5.74) is 3.34. The van der Waals surface area contributed by atoms with Gasteiger partial charge in [0.25, 0.3) is 5.91 Å². The highest BCUT2D eigenvalue weighted by Gasteiger charge is 2.35. The van der Waals surface area contributed by atoms with Crippen molar-refractivity contribution in [2.45, 2.75) is 12.5 Å². The Labute approximate surface area is 196 Å². The number of hydrogen-bond donors (Lipinski definition) is 0. The zero-order valence-electron chi connectivity index (χ0n) is 17.0. The summed E-state index contributed by atoms with van der Waals surface area (Å²) in [5, 5.41) is 1.33. The van der Waals surface area contributed by atoms with Gasteiger partial charge in [0.2, 0.25) is 0 Å². The molecule has 0 fully saturated rings. The van der Waals surface area contributed by atoms with Crippen molar-refractivity contribution < 1.29 is 14.3 Å². The lowest BCUT2D eigenvalue weighted by atomic mass is 9.87. The number of fused-ring (bicyclic) bond motifs is 1. The lowest BCUT2D eigenvalue weighted by molar-refractivity contribution is 0.0694. The van der Waals surface area contributed by atoms with Gasteiger partial charge in [0.05, 0.1) is 30.3 Å². The average Bonchev–Trinajstić information content (AvgIpc) is 2.79. The topological polar surface area (TPSA) is 38.8 Å². The van der Waals surface area contributed by atoms with Crippen LogP contribution < -0.4 is 9.47 Å². The molecule has 0 aromatic heterocycles. The van der Waals surface area contributed by atoms with Gasteiger partial charge in [-0.1, -0.05) is 53.0 Å². The molecule has 1 heterocycles. The second kappa shape index (κ2) is 8.99. The SMILES string of the molecule is COc1cc2c(cc1OC)[C@H](c1ccccc1Cl)N(C(=O)c1ccc(Cl)c(Cl)c1)CC2. The average molecular weight is 477 g/mol. The summed E-state index contributed by atoms with van der Waals surface area (Å²) in [6.45, 7) is 0.511. The maximum absolute atomic E-state index is 13.6. The zero-order chi connectivity index (χ0) is 22.1. The maximum atomic E-state index is 13.6. The first-order chi connectivity index (χ1) is 14.9. The Bertz CT molecular complexity index is 1150. The lowest BCUT2D eigenvalue weighted by Gasteiger charge is -2.38. The van der Waals surface area contributed by atoms with Crippen LogP contribution in [0.5, 0.6) is 11.5 Å². The van der Waals surface area contributed by atoms with Crippen LogP contribution >= 0.6 is 34.8 Å². The van der Waals surface area contributed by atoms with Crippen LogP contribution in [0.2, 0.25) is 15.1 Å². The monoisotopic (exact) mass is 475 g/mol. The van der Waals surface area contributed by atoms with Gasteiger partial charge in [-0.3, -0.25) is 4.79 Å². The molecule has 0 unspecified atom stereocenters. The van der Waals surface area contributed by atoms with E-state index in [0.717, 1.165) is 16.7 Å². The van der Waals surface area contributed by atoms with E-state index < -0.39 is 0 Å². The van der Waals surface area contributed by atoms with E-state index in [-0.39, 0.29) is 11.9 Å². The molecule has 0 saturated carbocycles. The van der Waals surface area contributed by atoms with Crippen molar-refractivity contribution in [2.75, 3.05) is 20.8 Å². The largest absolute Gasteiger partial charge is 0.493 e. The fourth-order valence-corrected chi connectivity index (χ4v) is 4.53. The number of ether oxygens (including phenoxy) is 2. The van der Waals surface area contributed by atoms with Crippen molar-refractivity contribution in [3.05, 3.63) is 91.9 Å². The van der Waals surface area contributed by atoms with Crippen molar-refractivity contribution in [3.63, 3.8) is 0 Å². The molecular weight excluding hydrogens is 457 g/mol. The van der Waals surface area contributed by atoms with Gasteiger partial charge in [-0.05, 0) is 59.5 Å². The Balaban J connectivity index is 1.87. The molecule has 1 amide bonds. The van der Waals surface area contributed by atoms with Crippen LogP contribution in [0.1, 0.15) is 33.1 Å². The Morgan fingerprint density at radius 3 is 2.26 bits per heavy atom. The maximum Gasteiger partial charge on any atom is 0.254 e. The molecule has 1 atom stereocenters. The third-order valence-electron chi connectivity index (χ3n) is 5.50.